The van der Waals surface area contributed by atoms with Crippen molar-refractivity contribution in [3.05, 3.63) is 53.4 Å². The summed E-state index contributed by atoms with van der Waals surface area (Å²) in [6, 6.07) is 5.34. The first-order valence-corrected chi connectivity index (χ1v) is 11.4. The molecule has 3 aromatic rings. The summed E-state index contributed by atoms with van der Waals surface area (Å²) in [6.07, 6.45) is 1.69. The molecule has 1 aliphatic heterocycles. The maximum Gasteiger partial charge on any atom is 0.164 e. The number of hydrogen-bond donors (Lipinski definition) is 1. The minimum Gasteiger partial charge on any atom is -0.368 e. The fourth-order valence-corrected chi connectivity index (χ4v) is 4.74. The van der Waals surface area contributed by atoms with Crippen LogP contribution in [0.15, 0.2) is 30.5 Å². The molecule has 7 nitrogen and oxygen atoms in total. The van der Waals surface area contributed by atoms with Gasteiger partial charge in [0.15, 0.2) is 27.3 Å². The van der Waals surface area contributed by atoms with Gasteiger partial charge in [-0.05, 0) is 26.0 Å². The molecule has 1 N–H and O–H groups in total. The van der Waals surface area contributed by atoms with Gasteiger partial charge in [0.05, 0.1) is 40.6 Å². The fraction of sp³-hybridized carbons (Fsp3) is 0.350. The molecule has 0 amide bonds. The molecule has 2 aromatic heterocycles. The SMILES string of the molecule is Cc1nnc(N[C@H](C)c2cccc(F)c2F)c2cc(N3CCS(=O)(=O)CC3)cnc12. The molecule has 4 rings (SSSR count). The fourth-order valence-electron chi connectivity index (χ4n) is 3.54. The van der Waals surface area contributed by atoms with Crippen LogP contribution >= 0.6 is 0 Å². The van der Waals surface area contributed by atoms with Crippen molar-refractivity contribution in [1.82, 2.24) is 15.2 Å². The molecule has 0 bridgehead atoms. The number of pyridine rings is 1. The third kappa shape index (κ3) is 3.91. The van der Waals surface area contributed by atoms with Crippen LogP contribution in [0.4, 0.5) is 20.3 Å². The van der Waals surface area contributed by atoms with Gasteiger partial charge in [-0.1, -0.05) is 12.1 Å². The van der Waals surface area contributed by atoms with Gasteiger partial charge in [0, 0.05) is 24.0 Å². The molecule has 0 unspecified atom stereocenters. The molecule has 10 heteroatoms. The number of rotatable bonds is 4. The smallest absolute Gasteiger partial charge is 0.164 e. The highest BCUT2D eigenvalue weighted by Crippen LogP contribution is 2.30. The average Bonchev–Trinajstić information content (AvgIpc) is 2.72. The summed E-state index contributed by atoms with van der Waals surface area (Å²) in [5.41, 5.74) is 2.22. The number of nitrogens with one attached hydrogen (secondary N) is 1. The van der Waals surface area contributed by atoms with E-state index in [-0.39, 0.29) is 17.1 Å². The third-order valence-electron chi connectivity index (χ3n) is 5.28. The molecule has 3 heterocycles. The number of aryl methyl sites for hydroxylation is 1. The first-order chi connectivity index (χ1) is 14.2. The molecule has 1 atom stereocenters. The summed E-state index contributed by atoms with van der Waals surface area (Å²) in [7, 11) is -3.00. The normalized spacial score (nSPS) is 17.1. The van der Waals surface area contributed by atoms with E-state index >= 15 is 0 Å². The Bertz CT molecular complexity index is 1210. The quantitative estimate of drug-likeness (QED) is 0.677. The van der Waals surface area contributed by atoms with Gasteiger partial charge < -0.3 is 10.2 Å². The number of aromatic nitrogens is 3. The molecule has 0 saturated carbocycles. The van der Waals surface area contributed by atoms with Crippen molar-refractivity contribution < 1.29 is 17.2 Å². The van der Waals surface area contributed by atoms with Gasteiger partial charge >= 0.3 is 0 Å². The number of nitrogens with zero attached hydrogens (tertiary/aromatic N) is 4. The summed E-state index contributed by atoms with van der Waals surface area (Å²) in [5, 5.41) is 12.1. The Labute approximate surface area is 173 Å². The second kappa shape index (κ2) is 7.75. The van der Waals surface area contributed by atoms with E-state index in [0.717, 1.165) is 11.8 Å². The zero-order valence-electron chi connectivity index (χ0n) is 16.6. The van der Waals surface area contributed by atoms with E-state index in [1.54, 1.807) is 20.0 Å². The number of anilines is 2. The lowest BCUT2D eigenvalue weighted by Gasteiger charge is -2.28. The van der Waals surface area contributed by atoms with Gasteiger partial charge in [0.25, 0.3) is 0 Å². The zero-order chi connectivity index (χ0) is 21.5. The van der Waals surface area contributed by atoms with Crippen LogP contribution in [0.3, 0.4) is 0 Å². The van der Waals surface area contributed by atoms with E-state index in [1.165, 1.54) is 12.1 Å². The Morgan fingerprint density at radius 3 is 2.63 bits per heavy atom. The Morgan fingerprint density at radius 1 is 1.17 bits per heavy atom. The van der Waals surface area contributed by atoms with Gasteiger partial charge in [-0.25, -0.2) is 17.2 Å². The summed E-state index contributed by atoms with van der Waals surface area (Å²) in [5.74, 6) is -1.23. The minimum atomic E-state index is -3.00. The highest BCUT2D eigenvalue weighted by molar-refractivity contribution is 7.91. The highest BCUT2D eigenvalue weighted by atomic mass is 32.2. The predicted molar refractivity (Wildman–Crippen MR) is 111 cm³/mol. The summed E-state index contributed by atoms with van der Waals surface area (Å²) in [4.78, 5) is 6.46. The number of fused-ring (bicyclic) bond motifs is 1. The highest BCUT2D eigenvalue weighted by Gasteiger charge is 2.23. The van der Waals surface area contributed by atoms with Crippen molar-refractivity contribution in [3.63, 3.8) is 0 Å². The molecule has 1 aromatic carbocycles. The van der Waals surface area contributed by atoms with E-state index in [9.17, 15) is 17.2 Å². The van der Waals surface area contributed by atoms with E-state index in [1.807, 2.05) is 11.0 Å². The lowest BCUT2D eigenvalue weighted by atomic mass is 10.1. The van der Waals surface area contributed by atoms with Crippen molar-refractivity contribution in [2.24, 2.45) is 0 Å². The molecular formula is C20H21F2N5O2S. The molecule has 1 aliphatic rings. The van der Waals surface area contributed by atoms with Crippen molar-refractivity contribution in [2.75, 3.05) is 34.8 Å². The number of sulfone groups is 1. The van der Waals surface area contributed by atoms with E-state index in [2.05, 4.69) is 20.5 Å². The number of benzene rings is 1. The Morgan fingerprint density at radius 2 is 1.90 bits per heavy atom. The monoisotopic (exact) mass is 433 g/mol. The van der Waals surface area contributed by atoms with Crippen LogP contribution in [0.1, 0.15) is 24.2 Å². The van der Waals surface area contributed by atoms with Crippen LogP contribution in [-0.2, 0) is 9.84 Å². The largest absolute Gasteiger partial charge is 0.368 e. The molecule has 30 heavy (non-hydrogen) atoms. The molecule has 1 saturated heterocycles. The maximum atomic E-state index is 14.2. The summed E-state index contributed by atoms with van der Waals surface area (Å²) in [6.45, 7) is 4.27. The third-order valence-corrected chi connectivity index (χ3v) is 6.89. The van der Waals surface area contributed by atoms with Gasteiger partial charge in [-0.2, -0.15) is 5.10 Å². The number of hydrogen-bond acceptors (Lipinski definition) is 7. The second-order valence-corrected chi connectivity index (χ2v) is 9.68. The summed E-state index contributed by atoms with van der Waals surface area (Å²) < 4.78 is 51.2. The summed E-state index contributed by atoms with van der Waals surface area (Å²) >= 11 is 0. The van der Waals surface area contributed by atoms with Gasteiger partial charge in [-0.15, -0.1) is 5.10 Å². The van der Waals surface area contributed by atoms with Crippen LogP contribution in [0.5, 0.6) is 0 Å². The maximum absolute atomic E-state index is 14.2. The molecule has 0 aliphatic carbocycles. The number of halogens is 2. The topological polar surface area (TPSA) is 88.1 Å². The first kappa shape index (κ1) is 20.4. The molecule has 158 valence electrons. The lowest BCUT2D eigenvalue weighted by molar-refractivity contribution is 0.494. The Balaban J connectivity index is 1.69. The molecular weight excluding hydrogens is 412 g/mol. The van der Waals surface area contributed by atoms with E-state index in [0.29, 0.717) is 35.5 Å². The van der Waals surface area contributed by atoms with E-state index < -0.39 is 27.5 Å². The van der Waals surface area contributed by atoms with Gasteiger partial charge in [0.2, 0.25) is 0 Å². The average molecular weight is 433 g/mol. The van der Waals surface area contributed by atoms with Crippen molar-refractivity contribution in [2.45, 2.75) is 19.9 Å². The van der Waals surface area contributed by atoms with E-state index in [4.69, 9.17) is 0 Å². The Hall–Kier alpha value is -2.88. The van der Waals surface area contributed by atoms with Crippen LogP contribution in [0.25, 0.3) is 10.9 Å². The van der Waals surface area contributed by atoms with Crippen molar-refractivity contribution >= 4 is 32.2 Å². The molecule has 0 radical (unpaired) electrons. The van der Waals surface area contributed by atoms with Crippen LogP contribution in [0, 0.1) is 18.6 Å². The lowest BCUT2D eigenvalue weighted by Crippen LogP contribution is -2.40. The standard InChI is InChI=1S/C20H21F2N5O2S/c1-12(15-4-3-5-17(21)18(15)22)24-20-16-10-14(11-23-19(16)13(2)25-26-20)27-6-8-30(28,29)9-7-27/h3-5,10-12H,6-9H2,1-2H3,(H,24,26)/t12-/m1/s1. The molecule has 0 spiro atoms. The van der Waals surface area contributed by atoms with Crippen LogP contribution < -0.4 is 10.2 Å². The molecule has 1 fully saturated rings. The predicted octanol–water partition coefficient (Wildman–Crippen LogP) is 3.02. The van der Waals surface area contributed by atoms with Gasteiger partial charge in [0.1, 0.15) is 0 Å². The van der Waals surface area contributed by atoms with Crippen molar-refractivity contribution in [3.8, 4) is 0 Å². The zero-order valence-corrected chi connectivity index (χ0v) is 17.4. The second-order valence-electron chi connectivity index (χ2n) is 7.37. The Kier molecular flexibility index (Phi) is 5.27. The van der Waals surface area contributed by atoms with Crippen LogP contribution in [0.2, 0.25) is 0 Å². The van der Waals surface area contributed by atoms with Gasteiger partial charge in [-0.3, -0.25) is 4.98 Å². The van der Waals surface area contributed by atoms with Crippen LogP contribution in [-0.4, -0.2) is 48.2 Å². The minimum absolute atomic E-state index is 0.0969. The first-order valence-electron chi connectivity index (χ1n) is 9.54. The van der Waals surface area contributed by atoms with Crippen molar-refractivity contribution in [1.29, 1.82) is 0 Å².